The van der Waals surface area contributed by atoms with E-state index in [1.807, 2.05) is 18.2 Å². The molecular weight excluding hydrogens is 216 g/mol. The molecule has 0 unspecified atom stereocenters. The Morgan fingerprint density at radius 2 is 1.94 bits per heavy atom. The molecule has 4 heteroatoms. The van der Waals surface area contributed by atoms with Gasteiger partial charge in [0, 0.05) is 5.69 Å². The van der Waals surface area contributed by atoms with Crippen molar-refractivity contribution in [2.45, 2.75) is 26.7 Å². The third kappa shape index (κ3) is 3.90. The summed E-state index contributed by atoms with van der Waals surface area (Å²) in [6.45, 7) is 4.20. The molecule has 2 N–H and O–H groups in total. The van der Waals surface area contributed by atoms with Crippen LogP contribution in [-0.2, 0) is 22.4 Å². The highest BCUT2D eigenvalue weighted by Crippen LogP contribution is 2.17. The van der Waals surface area contributed by atoms with Gasteiger partial charge in [-0.05, 0) is 36.1 Å². The van der Waals surface area contributed by atoms with Crippen molar-refractivity contribution >= 4 is 18.0 Å². The van der Waals surface area contributed by atoms with E-state index >= 15 is 0 Å². The lowest BCUT2D eigenvalue weighted by Gasteiger charge is -2.10. The fourth-order valence-corrected chi connectivity index (χ4v) is 1.72. The van der Waals surface area contributed by atoms with Gasteiger partial charge in [0.15, 0.2) is 0 Å². The lowest BCUT2D eigenvalue weighted by Crippen LogP contribution is -2.26. The van der Waals surface area contributed by atoms with Crippen LogP contribution in [0.3, 0.4) is 0 Å². The standard InChI is InChI=1S/C13H18N2O2/c1-3-10-5-6-12(7-11(10)4-2)15-13(17)8-14-9-16/h5-7,9H,3-4,8H2,1-2H3,(H,14,16)(H,15,17). The van der Waals surface area contributed by atoms with Crippen molar-refractivity contribution in [2.75, 3.05) is 11.9 Å². The zero-order valence-electron chi connectivity index (χ0n) is 10.2. The molecule has 0 aliphatic carbocycles. The van der Waals surface area contributed by atoms with Crippen molar-refractivity contribution in [1.29, 1.82) is 0 Å². The average Bonchev–Trinajstić information content (AvgIpc) is 2.36. The molecule has 0 aliphatic heterocycles. The zero-order chi connectivity index (χ0) is 12.7. The van der Waals surface area contributed by atoms with Gasteiger partial charge in [-0.2, -0.15) is 0 Å². The molecule has 0 spiro atoms. The topological polar surface area (TPSA) is 58.2 Å². The van der Waals surface area contributed by atoms with Gasteiger partial charge in [-0.25, -0.2) is 0 Å². The molecular formula is C13H18N2O2. The fraction of sp³-hybridized carbons (Fsp3) is 0.385. The Kier molecular flexibility index (Phi) is 5.20. The van der Waals surface area contributed by atoms with Gasteiger partial charge in [-0.15, -0.1) is 0 Å². The maximum Gasteiger partial charge on any atom is 0.243 e. The Morgan fingerprint density at radius 3 is 2.53 bits per heavy atom. The van der Waals surface area contributed by atoms with Gasteiger partial charge >= 0.3 is 0 Å². The number of carbonyl (C=O) groups excluding carboxylic acids is 2. The number of nitrogens with one attached hydrogen (secondary N) is 2. The molecule has 0 aromatic heterocycles. The number of amides is 2. The smallest absolute Gasteiger partial charge is 0.243 e. The van der Waals surface area contributed by atoms with E-state index in [2.05, 4.69) is 24.5 Å². The number of carbonyl (C=O) groups is 2. The molecule has 0 heterocycles. The summed E-state index contributed by atoms with van der Waals surface area (Å²) in [6, 6.07) is 5.90. The highest BCUT2D eigenvalue weighted by Gasteiger charge is 2.04. The van der Waals surface area contributed by atoms with Crippen LogP contribution >= 0.6 is 0 Å². The molecule has 1 rings (SSSR count). The van der Waals surface area contributed by atoms with Gasteiger partial charge in [0.2, 0.25) is 12.3 Å². The summed E-state index contributed by atoms with van der Waals surface area (Å²) in [5.74, 6) is -0.219. The number of hydrogen-bond acceptors (Lipinski definition) is 2. The van der Waals surface area contributed by atoms with Gasteiger partial charge in [0.25, 0.3) is 0 Å². The first kappa shape index (κ1) is 13.2. The summed E-state index contributed by atoms with van der Waals surface area (Å²) in [5, 5.41) is 5.07. The lowest BCUT2D eigenvalue weighted by atomic mass is 10.0. The van der Waals surface area contributed by atoms with E-state index in [1.54, 1.807) is 0 Å². The average molecular weight is 234 g/mol. The summed E-state index contributed by atoms with van der Waals surface area (Å²) in [6.07, 6.45) is 2.45. The van der Waals surface area contributed by atoms with E-state index in [0.717, 1.165) is 18.5 Å². The van der Waals surface area contributed by atoms with Gasteiger partial charge in [0.1, 0.15) is 0 Å². The van der Waals surface area contributed by atoms with Gasteiger partial charge < -0.3 is 10.6 Å². The second-order valence-electron chi connectivity index (χ2n) is 3.74. The molecule has 0 radical (unpaired) electrons. The van der Waals surface area contributed by atoms with Crippen LogP contribution in [0.4, 0.5) is 5.69 Å². The molecule has 0 bridgehead atoms. The maximum absolute atomic E-state index is 11.4. The first-order valence-corrected chi connectivity index (χ1v) is 5.79. The Balaban J connectivity index is 2.71. The largest absolute Gasteiger partial charge is 0.350 e. The molecule has 0 fully saturated rings. The third-order valence-electron chi connectivity index (χ3n) is 2.60. The van der Waals surface area contributed by atoms with E-state index in [-0.39, 0.29) is 12.5 Å². The second kappa shape index (κ2) is 6.68. The van der Waals surface area contributed by atoms with Crippen LogP contribution in [0.15, 0.2) is 18.2 Å². The lowest BCUT2D eigenvalue weighted by molar-refractivity contribution is -0.118. The Morgan fingerprint density at radius 1 is 1.24 bits per heavy atom. The van der Waals surface area contributed by atoms with Gasteiger partial charge in [-0.1, -0.05) is 19.9 Å². The van der Waals surface area contributed by atoms with Crippen LogP contribution in [0.1, 0.15) is 25.0 Å². The molecule has 2 amide bonds. The van der Waals surface area contributed by atoms with Crippen LogP contribution < -0.4 is 10.6 Å². The van der Waals surface area contributed by atoms with Gasteiger partial charge in [-0.3, -0.25) is 9.59 Å². The van der Waals surface area contributed by atoms with Crippen LogP contribution in [0.2, 0.25) is 0 Å². The fourth-order valence-electron chi connectivity index (χ4n) is 1.72. The Hall–Kier alpha value is -1.84. The van der Waals surface area contributed by atoms with Gasteiger partial charge in [0.05, 0.1) is 6.54 Å². The van der Waals surface area contributed by atoms with Crippen molar-refractivity contribution in [3.8, 4) is 0 Å². The van der Waals surface area contributed by atoms with E-state index in [4.69, 9.17) is 0 Å². The normalized spacial score (nSPS) is 9.76. The molecule has 0 aliphatic rings. The van der Waals surface area contributed by atoms with E-state index in [0.29, 0.717) is 6.41 Å². The molecule has 1 aromatic carbocycles. The van der Waals surface area contributed by atoms with Crippen LogP contribution in [0, 0.1) is 0 Å². The molecule has 0 saturated carbocycles. The molecule has 0 saturated heterocycles. The first-order valence-electron chi connectivity index (χ1n) is 5.79. The summed E-state index contributed by atoms with van der Waals surface area (Å²) in [5.41, 5.74) is 3.32. The molecule has 92 valence electrons. The highest BCUT2D eigenvalue weighted by molar-refractivity contribution is 5.93. The number of anilines is 1. The van der Waals surface area contributed by atoms with Crippen molar-refractivity contribution in [1.82, 2.24) is 5.32 Å². The number of hydrogen-bond donors (Lipinski definition) is 2. The quantitative estimate of drug-likeness (QED) is 0.733. The minimum Gasteiger partial charge on any atom is -0.350 e. The van der Waals surface area contributed by atoms with Crippen LogP contribution in [0.25, 0.3) is 0 Å². The van der Waals surface area contributed by atoms with E-state index in [1.165, 1.54) is 11.1 Å². The summed E-state index contributed by atoms with van der Waals surface area (Å²) in [7, 11) is 0. The third-order valence-corrected chi connectivity index (χ3v) is 2.60. The molecule has 4 nitrogen and oxygen atoms in total. The van der Waals surface area contributed by atoms with E-state index in [9.17, 15) is 9.59 Å². The highest BCUT2D eigenvalue weighted by atomic mass is 16.2. The summed E-state index contributed by atoms with van der Waals surface area (Å²) >= 11 is 0. The number of aryl methyl sites for hydroxylation is 2. The Labute approximate surface area is 101 Å². The van der Waals surface area contributed by atoms with Crippen molar-refractivity contribution in [2.24, 2.45) is 0 Å². The van der Waals surface area contributed by atoms with Crippen LogP contribution in [-0.4, -0.2) is 18.9 Å². The van der Waals surface area contributed by atoms with Crippen molar-refractivity contribution in [3.05, 3.63) is 29.3 Å². The zero-order valence-corrected chi connectivity index (χ0v) is 10.2. The predicted molar refractivity (Wildman–Crippen MR) is 67.9 cm³/mol. The summed E-state index contributed by atoms with van der Waals surface area (Å²) in [4.78, 5) is 21.4. The number of benzene rings is 1. The monoisotopic (exact) mass is 234 g/mol. The first-order chi connectivity index (χ1) is 8.21. The SMILES string of the molecule is CCc1ccc(NC(=O)CNC=O)cc1CC. The van der Waals surface area contributed by atoms with E-state index < -0.39 is 0 Å². The molecule has 0 atom stereocenters. The number of rotatable bonds is 6. The molecule has 17 heavy (non-hydrogen) atoms. The van der Waals surface area contributed by atoms with Crippen LogP contribution in [0.5, 0.6) is 0 Å². The summed E-state index contributed by atoms with van der Waals surface area (Å²) < 4.78 is 0. The minimum absolute atomic E-state index is 0.000484. The van der Waals surface area contributed by atoms with Crippen molar-refractivity contribution in [3.63, 3.8) is 0 Å². The minimum atomic E-state index is -0.219. The maximum atomic E-state index is 11.4. The predicted octanol–water partition coefficient (Wildman–Crippen LogP) is 1.50. The second-order valence-corrected chi connectivity index (χ2v) is 3.74. The van der Waals surface area contributed by atoms with Crippen molar-refractivity contribution < 1.29 is 9.59 Å². The molecule has 1 aromatic rings. The Bertz CT molecular complexity index is 402.